The Kier molecular flexibility index (Phi) is 11.1. The molecule has 0 amide bonds. The summed E-state index contributed by atoms with van der Waals surface area (Å²) in [7, 11) is 4.10. The highest BCUT2D eigenvalue weighted by molar-refractivity contribution is 8.93. The molecule has 0 bridgehead atoms. The van der Waals surface area contributed by atoms with Crippen LogP contribution < -0.4 is 0 Å². The van der Waals surface area contributed by atoms with E-state index in [0.717, 1.165) is 18.8 Å². The third kappa shape index (κ3) is 9.88. The highest BCUT2D eigenvalue weighted by Crippen LogP contribution is 1.84. The molecule has 0 saturated heterocycles. The molecule has 0 fully saturated rings. The second-order valence-corrected chi connectivity index (χ2v) is 2.22. The molecule has 0 aromatic carbocycles. The van der Waals surface area contributed by atoms with Gasteiger partial charge in [-0.2, -0.15) is 0 Å². The summed E-state index contributed by atoms with van der Waals surface area (Å²) < 4.78 is 0. The van der Waals surface area contributed by atoms with Crippen LogP contribution >= 0.6 is 28.6 Å². The van der Waals surface area contributed by atoms with Crippen molar-refractivity contribution in [2.75, 3.05) is 26.5 Å². The minimum absolute atomic E-state index is 0. The summed E-state index contributed by atoms with van der Waals surface area (Å²) in [5.74, 6) is 0.776. The van der Waals surface area contributed by atoms with Gasteiger partial charge < -0.3 is 4.90 Å². The number of rotatable bonds is 3. The van der Waals surface area contributed by atoms with Crippen LogP contribution in [-0.4, -0.2) is 31.4 Å². The summed E-state index contributed by atoms with van der Waals surface area (Å²) >= 11 is 5.42. The van der Waals surface area contributed by atoms with Gasteiger partial charge in [-0.3, -0.25) is 0 Å². The largest absolute Gasteiger partial charge is 0.309 e. The van der Waals surface area contributed by atoms with Crippen molar-refractivity contribution in [1.82, 2.24) is 4.90 Å². The predicted octanol–water partition coefficient (Wildman–Crippen LogP) is 1.75. The van der Waals surface area contributed by atoms with Gasteiger partial charge in [-0.15, -0.1) is 28.6 Å². The zero-order valence-electron chi connectivity index (χ0n) is 5.35. The second-order valence-electron chi connectivity index (χ2n) is 1.85. The Morgan fingerprint density at radius 3 is 2.00 bits per heavy atom. The minimum atomic E-state index is 0. The van der Waals surface area contributed by atoms with Crippen molar-refractivity contribution in [2.45, 2.75) is 6.42 Å². The van der Waals surface area contributed by atoms with Crippen molar-refractivity contribution in [1.29, 1.82) is 0 Å². The van der Waals surface area contributed by atoms with Crippen molar-refractivity contribution in [2.24, 2.45) is 0 Å². The zero-order valence-corrected chi connectivity index (χ0v) is 7.82. The van der Waals surface area contributed by atoms with Gasteiger partial charge in [-0.1, -0.05) is 0 Å². The molecule has 0 heterocycles. The van der Waals surface area contributed by atoms with Crippen LogP contribution in [0.1, 0.15) is 6.42 Å². The Bertz CT molecular complexity index is 41.4. The Balaban J connectivity index is 0. The first-order valence-corrected chi connectivity index (χ1v) is 3.01. The summed E-state index contributed by atoms with van der Waals surface area (Å²) in [4.78, 5) is 2.13. The summed E-state index contributed by atoms with van der Waals surface area (Å²) in [5, 5.41) is 0. The summed E-state index contributed by atoms with van der Waals surface area (Å²) in [5.41, 5.74) is 0. The lowest BCUT2D eigenvalue weighted by Crippen LogP contribution is -2.12. The molecule has 0 aliphatic carbocycles. The van der Waals surface area contributed by atoms with Gasteiger partial charge in [0.15, 0.2) is 0 Å². The Hall–Kier alpha value is 0.730. The summed E-state index contributed by atoms with van der Waals surface area (Å²) in [6.07, 6.45) is 1.09. The molecule has 0 N–H and O–H groups in total. The SMILES string of the molecule is Br.CN(C)CCCCl. The van der Waals surface area contributed by atoms with Crippen LogP contribution in [0.15, 0.2) is 0 Å². The molecule has 3 heteroatoms. The Morgan fingerprint density at radius 2 is 1.88 bits per heavy atom. The maximum absolute atomic E-state index is 5.42. The van der Waals surface area contributed by atoms with Crippen LogP contribution in [0.25, 0.3) is 0 Å². The van der Waals surface area contributed by atoms with E-state index >= 15 is 0 Å². The molecule has 0 aromatic rings. The molecule has 8 heavy (non-hydrogen) atoms. The molecule has 0 unspecified atom stereocenters. The zero-order chi connectivity index (χ0) is 5.70. The normalized spacial score (nSPS) is 9.00. The fourth-order valence-electron chi connectivity index (χ4n) is 0.376. The average molecular weight is 203 g/mol. The number of hydrogen-bond acceptors (Lipinski definition) is 1. The van der Waals surface area contributed by atoms with E-state index < -0.39 is 0 Å². The molecule has 0 rings (SSSR count). The standard InChI is InChI=1S/C5H12ClN.BrH/c1-7(2)5-3-4-6;/h3-5H2,1-2H3;1H. The quantitative estimate of drug-likeness (QED) is 0.631. The van der Waals surface area contributed by atoms with E-state index in [1.54, 1.807) is 0 Å². The highest BCUT2D eigenvalue weighted by atomic mass is 79.9. The minimum Gasteiger partial charge on any atom is -0.309 e. The lowest BCUT2D eigenvalue weighted by Gasteiger charge is -2.05. The number of hydrogen-bond donors (Lipinski definition) is 0. The average Bonchev–Trinajstić information content (AvgIpc) is 1.61. The van der Waals surface area contributed by atoms with Gasteiger partial charge in [0, 0.05) is 5.88 Å². The van der Waals surface area contributed by atoms with Crippen LogP contribution in [-0.2, 0) is 0 Å². The van der Waals surface area contributed by atoms with E-state index in [2.05, 4.69) is 4.90 Å². The molecule has 0 spiro atoms. The summed E-state index contributed by atoms with van der Waals surface area (Å²) in [6, 6.07) is 0. The van der Waals surface area contributed by atoms with Gasteiger partial charge in [-0.25, -0.2) is 0 Å². The molecule has 0 aliphatic rings. The maximum atomic E-state index is 5.42. The molecule has 0 aromatic heterocycles. The Labute approximate surface area is 66.8 Å². The van der Waals surface area contributed by atoms with Gasteiger partial charge in [0.1, 0.15) is 0 Å². The Morgan fingerprint density at radius 1 is 1.38 bits per heavy atom. The molecule has 0 atom stereocenters. The van der Waals surface area contributed by atoms with Crippen molar-refractivity contribution in [3.8, 4) is 0 Å². The summed E-state index contributed by atoms with van der Waals surface area (Å²) in [6.45, 7) is 1.10. The van der Waals surface area contributed by atoms with Crippen molar-refractivity contribution in [3.05, 3.63) is 0 Å². The van der Waals surface area contributed by atoms with Crippen LogP contribution in [0.2, 0.25) is 0 Å². The third-order valence-corrected chi connectivity index (χ3v) is 1.01. The van der Waals surface area contributed by atoms with Crippen LogP contribution in [0.5, 0.6) is 0 Å². The van der Waals surface area contributed by atoms with Gasteiger partial charge in [0.25, 0.3) is 0 Å². The predicted molar refractivity (Wildman–Crippen MR) is 44.2 cm³/mol. The van der Waals surface area contributed by atoms with Crippen LogP contribution in [0, 0.1) is 0 Å². The monoisotopic (exact) mass is 201 g/mol. The topological polar surface area (TPSA) is 3.24 Å². The molecule has 52 valence electrons. The van der Waals surface area contributed by atoms with E-state index in [4.69, 9.17) is 11.6 Å². The molecule has 0 aliphatic heterocycles. The van der Waals surface area contributed by atoms with E-state index in [1.165, 1.54) is 0 Å². The van der Waals surface area contributed by atoms with E-state index in [1.807, 2.05) is 14.1 Å². The third-order valence-electron chi connectivity index (χ3n) is 0.739. The smallest absolute Gasteiger partial charge is 0.0235 e. The van der Waals surface area contributed by atoms with Gasteiger partial charge in [0.05, 0.1) is 0 Å². The van der Waals surface area contributed by atoms with E-state index in [9.17, 15) is 0 Å². The first-order valence-electron chi connectivity index (χ1n) is 2.48. The number of nitrogens with zero attached hydrogens (tertiary/aromatic N) is 1. The number of halogens is 2. The highest BCUT2D eigenvalue weighted by Gasteiger charge is 1.84. The lowest BCUT2D eigenvalue weighted by atomic mass is 10.5. The van der Waals surface area contributed by atoms with Gasteiger partial charge in [-0.05, 0) is 27.1 Å². The lowest BCUT2D eigenvalue weighted by molar-refractivity contribution is 0.409. The van der Waals surface area contributed by atoms with Crippen LogP contribution in [0.3, 0.4) is 0 Å². The number of alkyl halides is 1. The fourth-order valence-corrected chi connectivity index (χ4v) is 0.496. The van der Waals surface area contributed by atoms with Gasteiger partial charge >= 0.3 is 0 Å². The van der Waals surface area contributed by atoms with E-state index in [0.29, 0.717) is 0 Å². The molecular formula is C5H13BrClN. The van der Waals surface area contributed by atoms with Crippen LogP contribution in [0.4, 0.5) is 0 Å². The first-order chi connectivity index (χ1) is 3.27. The maximum Gasteiger partial charge on any atom is 0.0235 e. The van der Waals surface area contributed by atoms with Crippen molar-refractivity contribution < 1.29 is 0 Å². The fraction of sp³-hybridized carbons (Fsp3) is 1.00. The molecule has 0 saturated carbocycles. The first kappa shape index (κ1) is 11.5. The van der Waals surface area contributed by atoms with Crippen molar-refractivity contribution in [3.63, 3.8) is 0 Å². The van der Waals surface area contributed by atoms with Crippen molar-refractivity contribution >= 4 is 28.6 Å². The molecule has 0 radical (unpaired) electrons. The van der Waals surface area contributed by atoms with Gasteiger partial charge in [0.2, 0.25) is 0 Å². The molecule has 1 nitrogen and oxygen atoms in total. The second kappa shape index (κ2) is 7.73. The molecular weight excluding hydrogens is 189 g/mol. The van der Waals surface area contributed by atoms with E-state index in [-0.39, 0.29) is 17.0 Å².